The summed E-state index contributed by atoms with van der Waals surface area (Å²) in [5, 5.41) is 3.38. The number of rotatable bonds is 2. The number of hydrogen-bond acceptors (Lipinski definition) is 3. The molecule has 1 unspecified atom stereocenters. The summed E-state index contributed by atoms with van der Waals surface area (Å²) in [6.45, 7) is 4.23. The third-order valence-electron chi connectivity index (χ3n) is 3.90. The SMILES string of the molecule is CC(C)c1cccc2c(C3CCC(=O)NC3=O)coc12. The average molecular weight is 271 g/mol. The standard InChI is InChI=1S/C16H17NO3/c1-9(2)10-4-3-5-11-13(8-20-15(10)11)12-6-7-14(18)17-16(12)19/h3-5,8-9,12H,6-7H2,1-2H3,(H,17,18,19). The molecule has 1 saturated heterocycles. The molecule has 4 nitrogen and oxygen atoms in total. The van der Waals surface area contributed by atoms with E-state index < -0.39 is 0 Å². The Morgan fingerprint density at radius 2 is 2.10 bits per heavy atom. The summed E-state index contributed by atoms with van der Waals surface area (Å²) in [7, 11) is 0. The predicted molar refractivity (Wildman–Crippen MR) is 75.4 cm³/mol. The second kappa shape index (κ2) is 4.78. The van der Waals surface area contributed by atoms with Crippen molar-refractivity contribution >= 4 is 22.8 Å². The second-order valence-corrected chi connectivity index (χ2v) is 5.57. The molecule has 1 fully saturated rings. The predicted octanol–water partition coefficient (Wildman–Crippen LogP) is 3.08. The number of fused-ring (bicyclic) bond motifs is 1. The number of hydrogen-bond donors (Lipinski definition) is 1. The van der Waals surface area contributed by atoms with E-state index in [1.165, 1.54) is 0 Å². The number of amides is 2. The van der Waals surface area contributed by atoms with Crippen LogP contribution in [0.25, 0.3) is 11.0 Å². The van der Waals surface area contributed by atoms with Crippen molar-refractivity contribution in [3.63, 3.8) is 0 Å². The van der Waals surface area contributed by atoms with Crippen molar-refractivity contribution in [3.05, 3.63) is 35.6 Å². The summed E-state index contributed by atoms with van der Waals surface area (Å²) < 4.78 is 5.70. The summed E-state index contributed by atoms with van der Waals surface area (Å²) in [5.41, 5.74) is 2.87. The molecule has 1 N–H and O–H groups in total. The quantitative estimate of drug-likeness (QED) is 0.854. The van der Waals surface area contributed by atoms with Crippen LogP contribution >= 0.6 is 0 Å². The second-order valence-electron chi connectivity index (χ2n) is 5.57. The highest BCUT2D eigenvalue weighted by atomic mass is 16.3. The van der Waals surface area contributed by atoms with Crippen LogP contribution in [0.5, 0.6) is 0 Å². The van der Waals surface area contributed by atoms with Gasteiger partial charge in [-0.25, -0.2) is 0 Å². The molecule has 1 aliphatic heterocycles. The van der Waals surface area contributed by atoms with Gasteiger partial charge in [0.05, 0.1) is 12.2 Å². The van der Waals surface area contributed by atoms with Gasteiger partial charge in [-0.05, 0) is 17.9 Å². The molecule has 1 aromatic heterocycles. The number of carbonyl (C=O) groups excluding carboxylic acids is 2. The maximum atomic E-state index is 12.0. The maximum absolute atomic E-state index is 12.0. The number of para-hydroxylation sites is 1. The number of piperidine rings is 1. The molecule has 1 aliphatic rings. The van der Waals surface area contributed by atoms with E-state index in [2.05, 4.69) is 19.2 Å². The number of nitrogens with one attached hydrogen (secondary N) is 1. The minimum Gasteiger partial charge on any atom is -0.464 e. The Morgan fingerprint density at radius 3 is 2.80 bits per heavy atom. The molecule has 2 aromatic rings. The summed E-state index contributed by atoms with van der Waals surface area (Å²) in [6.07, 6.45) is 2.59. The van der Waals surface area contributed by atoms with E-state index in [9.17, 15) is 9.59 Å². The fourth-order valence-electron chi connectivity index (χ4n) is 2.81. The Labute approximate surface area is 117 Å². The zero-order valence-corrected chi connectivity index (χ0v) is 11.6. The van der Waals surface area contributed by atoms with Gasteiger partial charge < -0.3 is 4.42 Å². The summed E-state index contributed by atoms with van der Waals surface area (Å²) >= 11 is 0. The van der Waals surface area contributed by atoms with Gasteiger partial charge >= 0.3 is 0 Å². The third kappa shape index (κ3) is 2.01. The van der Waals surface area contributed by atoms with Gasteiger partial charge in [0.15, 0.2) is 0 Å². The van der Waals surface area contributed by atoms with Crippen molar-refractivity contribution in [2.45, 2.75) is 38.5 Å². The van der Waals surface area contributed by atoms with Crippen molar-refractivity contribution in [3.8, 4) is 0 Å². The van der Waals surface area contributed by atoms with Crippen LogP contribution in [0.2, 0.25) is 0 Å². The van der Waals surface area contributed by atoms with Crippen LogP contribution in [-0.2, 0) is 9.59 Å². The van der Waals surface area contributed by atoms with E-state index >= 15 is 0 Å². The van der Waals surface area contributed by atoms with Crippen LogP contribution in [0.3, 0.4) is 0 Å². The Balaban J connectivity index is 2.07. The number of carbonyl (C=O) groups is 2. The lowest BCUT2D eigenvalue weighted by Crippen LogP contribution is -2.39. The van der Waals surface area contributed by atoms with Crippen LogP contribution in [0, 0.1) is 0 Å². The molecule has 20 heavy (non-hydrogen) atoms. The van der Waals surface area contributed by atoms with Crippen molar-refractivity contribution in [1.29, 1.82) is 0 Å². The van der Waals surface area contributed by atoms with E-state index in [1.54, 1.807) is 6.26 Å². The van der Waals surface area contributed by atoms with E-state index in [4.69, 9.17) is 4.42 Å². The molecule has 1 aromatic carbocycles. The van der Waals surface area contributed by atoms with Crippen molar-refractivity contribution in [2.24, 2.45) is 0 Å². The molecule has 0 saturated carbocycles. The highest BCUT2D eigenvalue weighted by Crippen LogP contribution is 2.35. The van der Waals surface area contributed by atoms with Crippen LogP contribution in [0.15, 0.2) is 28.9 Å². The van der Waals surface area contributed by atoms with E-state index in [0.717, 1.165) is 22.1 Å². The van der Waals surface area contributed by atoms with Gasteiger partial charge in [-0.15, -0.1) is 0 Å². The summed E-state index contributed by atoms with van der Waals surface area (Å²) in [4.78, 5) is 23.2. The van der Waals surface area contributed by atoms with Gasteiger partial charge in [-0.2, -0.15) is 0 Å². The minimum absolute atomic E-state index is 0.193. The zero-order valence-electron chi connectivity index (χ0n) is 11.6. The first-order valence-electron chi connectivity index (χ1n) is 6.91. The molecule has 2 heterocycles. The van der Waals surface area contributed by atoms with Gasteiger partial charge in [-0.1, -0.05) is 32.0 Å². The average Bonchev–Trinajstić information content (AvgIpc) is 2.82. The fraction of sp³-hybridized carbons (Fsp3) is 0.375. The van der Waals surface area contributed by atoms with Crippen LogP contribution in [-0.4, -0.2) is 11.8 Å². The smallest absolute Gasteiger partial charge is 0.234 e. The van der Waals surface area contributed by atoms with Crippen LogP contribution in [0.1, 0.15) is 49.7 Å². The molecular formula is C16H17NO3. The fourth-order valence-corrected chi connectivity index (χ4v) is 2.81. The maximum Gasteiger partial charge on any atom is 0.234 e. The molecule has 104 valence electrons. The lowest BCUT2D eigenvalue weighted by molar-refractivity contribution is -0.134. The van der Waals surface area contributed by atoms with E-state index in [1.807, 2.05) is 18.2 Å². The molecule has 4 heteroatoms. The van der Waals surface area contributed by atoms with Gasteiger partial charge in [-0.3, -0.25) is 14.9 Å². The van der Waals surface area contributed by atoms with Gasteiger partial charge in [0.25, 0.3) is 0 Å². The molecular weight excluding hydrogens is 254 g/mol. The van der Waals surface area contributed by atoms with Gasteiger partial charge in [0, 0.05) is 17.4 Å². The topological polar surface area (TPSA) is 59.3 Å². The Morgan fingerprint density at radius 1 is 1.30 bits per heavy atom. The van der Waals surface area contributed by atoms with Gasteiger partial charge in [0.2, 0.25) is 11.8 Å². The van der Waals surface area contributed by atoms with E-state index in [0.29, 0.717) is 18.8 Å². The normalized spacial score (nSPS) is 19.6. The lowest BCUT2D eigenvalue weighted by atomic mass is 9.89. The Kier molecular flexibility index (Phi) is 3.08. The molecule has 0 aliphatic carbocycles. The lowest BCUT2D eigenvalue weighted by Gasteiger charge is -2.19. The highest BCUT2D eigenvalue weighted by Gasteiger charge is 2.30. The first kappa shape index (κ1) is 12.9. The first-order valence-corrected chi connectivity index (χ1v) is 6.91. The summed E-state index contributed by atoms with van der Waals surface area (Å²) in [6, 6.07) is 6.01. The highest BCUT2D eigenvalue weighted by molar-refractivity contribution is 6.02. The molecule has 2 amide bonds. The van der Waals surface area contributed by atoms with Crippen LogP contribution < -0.4 is 5.32 Å². The van der Waals surface area contributed by atoms with Crippen LogP contribution in [0.4, 0.5) is 0 Å². The number of benzene rings is 1. The molecule has 0 radical (unpaired) electrons. The molecule has 1 atom stereocenters. The number of furan rings is 1. The number of imide groups is 1. The molecule has 0 bridgehead atoms. The van der Waals surface area contributed by atoms with E-state index in [-0.39, 0.29) is 17.7 Å². The van der Waals surface area contributed by atoms with Crippen molar-refractivity contribution < 1.29 is 14.0 Å². The Hall–Kier alpha value is -2.10. The van der Waals surface area contributed by atoms with Gasteiger partial charge in [0.1, 0.15) is 5.58 Å². The van der Waals surface area contributed by atoms with Crippen molar-refractivity contribution in [1.82, 2.24) is 5.32 Å². The molecule has 0 spiro atoms. The Bertz CT molecular complexity index is 684. The van der Waals surface area contributed by atoms with Crippen molar-refractivity contribution in [2.75, 3.05) is 0 Å². The zero-order chi connectivity index (χ0) is 14.3. The summed E-state index contributed by atoms with van der Waals surface area (Å²) in [5.74, 6) is -0.350. The molecule has 3 rings (SSSR count). The minimum atomic E-state index is -0.295. The largest absolute Gasteiger partial charge is 0.464 e. The monoisotopic (exact) mass is 271 g/mol. The first-order chi connectivity index (χ1) is 9.58. The third-order valence-corrected chi connectivity index (χ3v) is 3.90.